The Hall–Kier alpha value is -2.77. The van der Waals surface area contributed by atoms with E-state index in [1.54, 1.807) is 26.2 Å². The number of likely N-dealkylation sites (tertiary alicyclic amines) is 1. The standard InChI is InChI=1S/C23H33N3O5/c1-15(2)13-19(27)25-11-9-17(10-12-25)23(3)21(28)26(22(29)24-23)14-16-7-6-8-18(30-4)20(16)31-5/h6-8,15,17H,9-14H2,1-5H3,(H,24,29). The second-order valence-electron chi connectivity index (χ2n) is 8.93. The topological polar surface area (TPSA) is 88.2 Å². The van der Waals surface area contributed by atoms with Crippen molar-refractivity contribution in [3.63, 3.8) is 0 Å². The van der Waals surface area contributed by atoms with E-state index in [4.69, 9.17) is 9.47 Å². The van der Waals surface area contributed by atoms with Crippen LogP contribution in [0.3, 0.4) is 0 Å². The Morgan fingerprint density at radius 3 is 2.45 bits per heavy atom. The van der Waals surface area contributed by atoms with Crippen LogP contribution in [0, 0.1) is 11.8 Å². The van der Waals surface area contributed by atoms with Crippen LogP contribution in [-0.2, 0) is 16.1 Å². The molecule has 4 amide bonds. The minimum atomic E-state index is -0.976. The van der Waals surface area contributed by atoms with Gasteiger partial charge in [0.05, 0.1) is 20.8 Å². The lowest BCUT2D eigenvalue weighted by molar-refractivity contribution is -0.136. The highest BCUT2D eigenvalue weighted by molar-refractivity contribution is 6.07. The zero-order chi connectivity index (χ0) is 22.8. The van der Waals surface area contributed by atoms with Gasteiger partial charge in [-0.2, -0.15) is 0 Å². The number of urea groups is 1. The van der Waals surface area contributed by atoms with E-state index in [0.29, 0.717) is 55.3 Å². The van der Waals surface area contributed by atoms with Gasteiger partial charge < -0.3 is 19.7 Å². The summed E-state index contributed by atoms with van der Waals surface area (Å²) < 4.78 is 10.8. The van der Waals surface area contributed by atoms with E-state index >= 15 is 0 Å². The minimum absolute atomic E-state index is 0.0238. The van der Waals surface area contributed by atoms with Gasteiger partial charge in [-0.3, -0.25) is 14.5 Å². The van der Waals surface area contributed by atoms with Gasteiger partial charge in [-0.25, -0.2) is 4.79 Å². The fourth-order valence-corrected chi connectivity index (χ4v) is 4.57. The summed E-state index contributed by atoms with van der Waals surface area (Å²) in [6.45, 7) is 7.19. The lowest BCUT2D eigenvalue weighted by Crippen LogP contribution is -2.54. The number of carbonyl (C=O) groups is 3. The van der Waals surface area contributed by atoms with Crippen molar-refractivity contribution in [2.75, 3.05) is 27.3 Å². The molecule has 8 nitrogen and oxygen atoms in total. The number of rotatable bonds is 7. The quantitative estimate of drug-likeness (QED) is 0.671. The summed E-state index contributed by atoms with van der Waals surface area (Å²) in [4.78, 5) is 41.6. The maximum atomic E-state index is 13.3. The van der Waals surface area contributed by atoms with Crippen LogP contribution in [0.1, 0.15) is 45.6 Å². The van der Waals surface area contributed by atoms with E-state index < -0.39 is 11.6 Å². The highest BCUT2D eigenvalue weighted by Gasteiger charge is 2.53. The molecular formula is C23H33N3O5. The Balaban J connectivity index is 1.71. The summed E-state index contributed by atoms with van der Waals surface area (Å²) in [5.74, 6) is 1.27. The second kappa shape index (κ2) is 9.16. The normalized spacial score (nSPS) is 22.1. The molecule has 2 aliphatic rings. The number of benzene rings is 1. The first-order valence-corrected chi connectivity index (χ1v) is 10.8. The molecule has 31 heavy (non-hydrogen) atoms. The molecule has 2 aliphatic heterocycles. The van der Waals surface area contributed by atoms with Crippen molar-refractivity contribution in [2.24, 2.45) is 11.8 Å². The van der Waals surface area contributed by atoms with Crippen LogP contribution in [0.25, 0.3) is 0 Å². The SMILES string of the molecule is COc1cccc(CN2C(=O)NC(C)(C3CCN(C(=O)CC(C)C)CC3)C2=O)c1OC. The molecule has 0 radical (unpaired) electrons. The summed E-state index contributed by atoms with van der Waals surface area (Å²) in [5.41, 5.74) is -0.278. The Morgan fingerprint density at radius 2 is 1.87 bits per heavy atom. The number of imide groups is 1. The van der Waals surface area contributed by atoms with Crippen molar-refractivity contribution in [3.05, 3.63) is 23.8 Å². The maximum Gasteiger partial charge on any atom is 0.325 e. The first-order chi connectivity index (χ1) is 14.7. The molecule has 1 N–H and O–H groups in total. The number of piperidine rings is 1. The lowest BCUT2D eigenvalue weighted by atomic mass is 9.78. The first kappa shape index (κ1) is 22.9. The fourth-order valence-electron chi connectivity index (χ4n) is 4.57. The minimum Gasteiger partial charge on any atom is -0.493 e. The molecule has 170 valence electrons. The van der Waals surface area contributed by atoms with Crippen LogP contribution < -0.4 is 14.8 Å². The van der Waals surface area contributed by atoms with Gasteiger partial charge in [0, 0.05) is 25.1 Å². The maximum absolute atomic E-state index is 13.3. The van der Waals surface area contributed by atoms with Crippen LogP contribution in [0.2, 0.25) is 0 Å². The van der Waals surface area contributed by atoms with Gasteiger partial charge in [-0.1, -0.05) is 26.0 Å². The molecule has 0 bridgehead atoms. The molecule has 2 fully saturated rings. The summed E-state index contributed by atoms with van der Waals surface area (Å²) >= 11 is 0. The average molecular weight is 432 g/mol. The zero-order valence-electron chi connectivity index (χ0n) is 19.1. The molecule has 0 spiro atoms. The number of hydrogen-bond acceptors (Lipinski definition) is 5. The average Bonchev–Trinajstić information content (AvgIpc) is 2.97. The molecular weight excluding hydrogens is 398 g/mol. The van der Waals surface area contributed by atoms with Gasteiger partial charge in [0.1, 0.15) is 5.54 Å². The van der Waals surface area contributed by atoms with Crippen molar-refractivity contribution < 1.29 is 23.9 Å². The highest BCUT2D eigenvalue weighted by atomic mass is 16.5. The van der Waals surface area contributed by atoms with Gasteiger partial charge in [-0.05, 0) is 37.7 Å². The van der Waals surface area contributed by atoms with Crippen molar-refractivity contribution in [2.45, 2.75) is 52.1 Å². The van der Waals surface area contributed by atoms with Gasteiger partial charge in [-0.15, -0.1) is 0 Å². The highest BCUT2D eigenvalue weighted by Crippen LogP contribution is 2.36. The Morgan fingerprint density at radius 1 is 1.19 bits per heavy atom. The number of ether oxygens (including phenoxy) is 2. The molecule has 1 aromatic rings. The van der Waals surface area contributed by atoms with Crippen LogP contribution in [0.15, 0.2) is 18.2 Å². The molecule has 1 unspecified atom stereocenters. The molecule has 0 saturated carbocycles. The van der Waals surface area contributed by atoms with Crippen LogP contribution >= 0.6 is 0 Å². The molecule has 1 atom stereocenters. The predicted octanol–water partition coefficient (Wildman–Crippen LogP) is 2.80. The number of nitrogens with one attached hydrogen (secondary N) is 1. The largest absolute Gasteiger partial charge is 0.493 e. The van der Waals surface area contributed by atoms with E-state index in [1.807, 2.05) is 24.8 Å². The number of para-hydroxylation sites is 1. The van der Waals surface area contributed by atoms with E-state index in [2.05, 4.69) is 5.32 Å². The van der Waals surface area contributed by atoms with E-state index in [-0.39, 0.29) is 24.3 Å². The van der Waals surface area contributed by atoms with Crippen molar-refractivity contribution >= 4 is 17.8 Å². The molecule has 8 heteroatoms. The first-order valence-electron chi connectivity index (χ1n) is 10.8. The van der Waals surface area contributed by atoms with Crippen LogP contribution in [0.4, 0.5) is 4.79 Å². The summed E-state index contributed by atoms with van der Waals surface area (Å²) in [7, 11) is 3.08. The molecule has 3 rings (SSSR count). The third-order valence-corrected chi connectivity index (χ3v) is 6.36. The number of amides is 4. The third-order valence-electron chi connectivity index (χ3n) is 6.36. The number of hydrogen-bond donors (Lipinski definition) is 1. The van der Waals surface area contributed by atoms with Gasteiger partial charge >= 0.3 is 6.03 Å². The molecule has 2 heterocycles. The number of carbonyl (C=O) groups excluding carboxylic acids is 3. The third kappa shape index (κ3) is 4.48. The fraction of sp³-hybridized carbons (Fsp3) is 0.609. The van der Waals surface area contributed by atoms with Crippen molar-refractivity contribution in [1.82, 2.24) is 15.1 Å². The van der Waals surface area contributed by atoms with Crippen LogP contribution in [0.5, 0.6) is 11.5 Å². The summed E-state index contributed by atoms with van der Waals surface area (Å²) in [6, 6.07) is 4.98. The van der Waals surface area contributed by atoms with E-state index in [0.717, 1.165) is 0 Å². The van der Waals surface area contributed by atoms with Gasteiger partial charge in [0.15, 0.2) is 11.5 Å². The number of nitrogens with zero attached hydrogens (tertiary/aromatic N) is 2. The van der Waals surface area contributed by atoms with Crippen molar-refractivity contribution in [3.8, 4) is 11.5 Å². The molecule has 1 aromatic carbocycles. The summed E-state index contributed by atoms with van der Waals surface area (Å²) in [5, 5.41) is 2.92. The smallest absolute Gasteiger partial charge is 0.325 e. The van der Waals surface area contributed by atoms with Crippen molar-refractivity contribution in [1.29, 1.82) is 0 Å². The Kier molecular flexibility index (Phi) is 6.77. The van der Waals surface area contributed by atoms with Gasteiger partial charge in [0.2, 0.25) is 5.91 Å². The Labute approximate surface area is 183 Å². The zero-order valence-corrected chi connectivity index (χ0v) is 19.1. The van der Waals surface area contributed by atoms with E-state index in [1.165, 1.54) is 12.0 Å². The lowest BCUT2D eigenvalue weighted by Gasteiger charge is -2.39. The monoisotopic (exact) mass is 431 g/mol. The predicted molar refractivity (Wildman–Crippen MR) is 116 cm³/mol. The van der Waals surface area contributed by atoms with Gasteiger partial charge in [0.25, 0.3) is 5.91 Å². The molecule has 2 saturated heterocycles. The number of methoxy groups -OCH3 is 2. The summed E-state index contributed by atoms with van der Waals surface area (Å²) in [6.07, 6.45) is 1.90. The van der Waals surface area contributed by atoms with Crippen LogP contribution in [-0.4, -0.2) is 60.5 Å². The van der Waals surface area contributed by atoms with E-state index in [9.17, 15) is 14.4 Å². The second-order valence-corrected chi connectivity index (χ2v) is 8.93. The molecule has 0 aromatic heterocycles. The Bertz CT molecular complexity index is 848. The molecule has 0 aliphatic carbocycles.